The topological polar surface area (TPSA) is 62.1 Å². The van der Waals surface area contributed by atoms with Crippen molar-refractivity contribution in [3.05, 3.63) is 30.5 Å². The molecule has 0 spiro atoms. The fourth-order valence-corrected chi connectivity index (χ4v) is 3.51. The number of hydrogen-bond acceptors (Lipinski definition) is 5. The van der Waals surface area contributed by atoms with Crippen molar-refractivity contribution in [1.29, 1.82) is 0 Å². The van der Waals surface area contributed by atoms with E-state index in [0.717, 1.165) is 22.0 Å². The first-order valence-electron chi connectivity index (χ1n) is 7.44. The van der Waals surface area contributed by atoms with Gasteiger partial charge in [0.25, 0.3) is 0 Å². The van der Waals surface area contributed by atoms with Gasteiger partial charge in [0.05, 0.1) is 0 Å². The molecular formula is C18H18NO5Se. The van der Waals surface area contributed by atoms with E-state index in [1.807, 2.05) is 21.9 Å². The Bertz CT molecular complexity index is 935. The van der Waals surface area contributed by atoms with Crippen LogP contribution in [0, 0.1) is 0 Å². The van der Waals surface area contributed by atoms with Crippen LogP contribution in [0.3, 0.4) is 0 Å². The maximum atomic E-state index is 10.1. The predicted molar refractivity (Wildman–Crippen MR) is 96.4 cm³/mol. The Hall–Kier alpha value is -2.50. The molecule has 0 aliphatic heterocycles. The molecule has 25 heavy (non-hydrogen) atoms. The van der Waals surface area contributed by atoms with E-state index in [4.69, 9.17) is 18.9 Å². The first kappa shape index (κ1) is 17.3. The molecule has 2 aromatic carbocycles. The number of fused-ring (bicyclic) bond motifs is 1. The van der Waals surface area contributed by atoms with Crippen LogP contribution in [0.4, 0.5) is 0 Å². The quantitative estimate of drug-likeness (QED) is 0.659. The molecule has 6 nitrogen and oxygen atoms in total. The van der Waals surface area contributed by atoms with Crippen LogP contribution in [0.5, 0.6) is 28.7 Å². The molecule has 0 atom stereocenters. The Kier molecular flexibility index (Phi) is 4.70. The van der Waals surface area contributed by atoms with Gasteiger partial charge in [0.1, 0.15) is 0 Å². The van der Waals surface area contributed by atoms with E-state index in [9.17, 15) is 5.11 Å². The molecule has 131 valence electrons. The molecular weight excluding hydrogens is 389 g/mol. The van der Waals surface area contributed by atoms with Gasteiger partial charge in [-0.2, -0.15) is 0 Å². The van der Waals surface area contributed by atoms with Crippen molar-refractivity contribution in [3.63, 3.8) is 0 Å². The molecule has 0 aliphatic rings. The van der Waals surface area contributed by atoms with E-state index in [1.165, 1.54) is 7.11 Å². The Morgan fingerprint density at radius 1 is 0.880 bits per heavy atom. The van der Waals surface area contributed by atoms with Gasteiger partial charge >= 0.3 is 154 Å². The molecule has 1 aromatic heterocycles. The Labute approximate surface area is 153 Å². The molecule has 0 saturated heterocycles. The van der Waals surface area contributed by atoms with Gasteiger partial charge in [0, 0.05) is 0 Å². The van der Waals surface area contributed by atoms with Gasteiger partial charge in [-0.1, -0.05) is 0 Å². The zero-order valence-electron chi connectivity index (χ0n) is 14.3. The van der Waals surface area contributed by atoms with Crippen molar-refractivity contribution >= 4 is 27.1 Å². The number of rotatable bonds is 5. The fourth-order valence-electron chi connectivity index (χ4n) is 2.90. The van der Waals surface area contributed by atoms with Gasteiger partial charge < -0.3 is 0 Å². The normalized spacial score (nSPS) is 10.7. The van der Waals surface area contributed by atoms with E-state index in [2.05, 4.69) is 16.2 Å². The second kappa shape index (κ2) is 6.78. The van der Waals surface area contributed by atoms with E-state index in [0.29, 0.717) is 23.0 Å². The van der Waals surface area contributed by atoms with Gasteiger partial charge in [-0.25, -0.2) is 0 Å². The second-order valence-electron chi connectivity index (χ2n) is 5.30. The minimum atomic E-state index is 0.0772. The van der Waals surface area contributed by atoms with Gasteiger partial charge in [0.15, 0.2) is 0 Å². The monoisotopic (exact) mass is 408 g/mol. The molecule has 0 unspecified atom stereocenters. The second-order valence-corrected chi connectivity index (χ2v) is 6.12. The molecule has 0 bridgehead atoms. The minimum absolute atomic E-state index is 0.0772. The van der Waals surface area contributed by atoms with E-state index < -0.39 is 0 Å². The number of phenols is 1. The van der Waals surface area contributed by atoms with Gasteiger partial charge in [0.2, 0.25) is 0 Å². The third kappa shape index (κ3) is 2.75. The third-order valence-electron chi connectivity index (χ3n) is 4.05. The summed E-state index contributed by atoms with van der Waals surface area (Å²) < 4.78 is 23.4. The maximum absolute atomic E-state index is 10.1. The Balaban J connectivity index is 2.32. The summed E-state index contributed by atoms with van der Waals surface area (Å²) >= 11 is 2.99. The third-order valence-corrected chi connectivity index (χ3v) is 4.65. The number of methoxy groups -OCH3 is 4. The number of benzene rings is 2. The molecule has 7 heteroatoms. The molecule has 3 rings (SSSR count). The summed E-state index contributed by atoms with van der Waals surface area (Å²) in [4.78, 5) is 0. The summed E-state index contributed by atoms with van der Waals surface area (Å²) in [5.74, 6) is 2.16. The zero-order chi connectivity index (χ0) is 18.1. The number of nitrogens with zero attached hydrogens (tertiary/aromatic N) is 1. The average Bonchev–Trinajstić information content (AvgIpc) is 2.96. The van der Waals surface area contributed by atoms with Crippen molar-refractivity contribution in [1.82, 2.24) is 3.58 Å². The van der Waals surface area contributed by atoms with Crippen LogP contribution in [0.25, 0.3) is 22.0 Å². The van der Waals surface area contributed by atoms with Crippen LogP contribution >= 0.6 is 0 Å². The van der Waals surface area contributed by atoms with Crippen molar-refractivity contribution in [3.8, 4) is 39.9 Å². The Morgan fingerprint density at radius 2 is 1.56 bits per heavy atom. The van der Waals surface area contributed by atoms with Crippen LogP contribution in [0.2, 0.25) is 0 Å². The number of ether oxygens (including phenoxy) is 4. The molecule has 0 saturated carbocycles. The Morgan fingerprint density at radius 3 is 2.12 bits per heavy atom. The van der Waals surface area contributed by atoms with Crippen LogP contribution in [-0.2, 0) is 0 Å². The average molecular weight is 407 g/mol. The van der Waals surface area contributed by atoms with E-state index >= 15 is 0 Å². The molecule has 0 aliphatic carbocycles. The fraction of sp³-hybridized carbons (Fsp3) is 0.222. The predicted octanol–water partition coefficient (Wildman–Crippen LogP) is 2.98. The summed E-state index contributed by atoms with van der Waals surface area (Å²) in [6.45, 7) is 0. The SMILES string of the molecule is COc1ccc(-c2cn([Se])c3c(OC)c(OC)c(OC)cc23)cc1O. The summed E-state index contributed by atoms with van der Waals surface area (Å²) in [6, 6.07) is 7.17. The van der Waals surface area contributed by atoms with Gasteiger partial charge in [-0.3, -0.25) is 0 Å². The van der Waals surface area contributed by atoms with Crippen LogP contribution in [0.1, 0.15) is 0 Å². The number of phenolic OH excluding ortho intramolecular Hbond substituents is 1. The first-order valence-corrected chi connectivity index (χ1v) is 8.21. The number of aromatic nitrogens is 1. The van der Waals surface area contributed by atoms with Gasteiger partial charge in [-0.15, -0.1) is 0 Å². The molecule has 1 heterocycles. The molecule has 3 aromatic rings. The van der Waals surface area contributed by atoms with Crippen molar-refractivity contribution in [2.45, 2.75) is 0 Å². The van der Waals surface area contributed by atoms with Crippen LogP contribution in [-0.4, -0.2) is 53.4 Å². The number of aromatic hydroxyl groups is 1. The van der Waals surface area contributed by atoms with Crippen LogP contribution < -0.4 is 18.9 Å². The van der Waals surface area contributed by atoms with Crippen LogP contribution in [0.15, 0.2) is 30.5 Å². The first-order chi connectivity index (χ1) is 12.0. The molecule has 1 N–H and O–H groups in total. The molecule has 0 amide bonds. The zero-order valence-corrected chi connectivity index (χ0v) is 16.0. The van der Waals surface area contributed by atoms with Crippen molar-refractivity contribution < 1.29 is 24.1 Å². The summed E-state index contributed by atoms with van der Waals surface area (Å²) in [5, 5.41) is 11.0. The molecule has 1 radical (unpaired) electrons. The van der Waals surface area contributed by atoms with E-state index in [1.54, 1.807) is 33.5 Å². The van der Waals surface area contributed by atoms with Gasteiger partial charge in [-0.05, 0) is 0 Å². The summed E-state index contributed by atoms with van der Waals surface area (Å²) in [5.41, 5.74) is 2.57. The summed E-state index contributed by atoms with van der Waals surface area (Å²) in [7, 11) is 6.25. The molecule has 0 fully saturated rings. The number of hydrogen-bond donors (Lipinski definition) is 1. The van der Waals surface area contributed by atoms with Crippen molar-refractivity contribution in [2.24, 2.45) is 0 Å². The van der Waals surface area contributed by atoms with E-state index in [-0.39, 0.29) is 5.75 Å². The standard InChI is InChI=1S/C18H18NO5Se/c1-21-14-6-5-10(7-13(14)20)12-9-19(25)16-11(12)8-15(22-2)17(23-3)18(16)24-4/h5-9,20H,1-4H3. The summed E-state index contributed by atoms with van der Waals surface area (Å²) in [6.07, 6.45) is 1.92. The van der Waals surface area contributed by atoms with Crippen molar-refractivity contribution in [2.75, 3.05) is 28.4 Å².